The molecule has 1 nitrogen and oxygen atoms in total. The lowest BCUT2D eigenvalue weighted by Gasteiger charge is -2.09. The predicted molar refractivity (Wildman–Crippen MR) is 72.0 cm³/mol. The van der Waals surface area contributed by atoms with Gasteiger partial charge in [0.05, 0.1) is 12.7 Å². The largest absolute Gasteiger partial charge is 0.497 e. The average molecular weight is 280 g/mol. The maximum atomic E-state index is 12.5. The minimum absolute atomic E-state index is 0.580. The molecule has 0 bridgehead atoms. The van der Waals surface area contributed by atoms with Gasteiger partial charge in [-0.3, -0.25) is 0 Å². The SMILES string of the molecule is COc1cc(C)cc(Cc2ccc(C(F)(F)F)cc2)c1. The third kappa shape index (κ3) is 3.53. The topological polar surface area (TPSA) is 9.23 Å². The second-order valence-electron chi connectivity index (χ2n) is 4.73. The van der Waals surface area contributed by atoms with Crippen LogP contribution in [0.4, 0.5) is 13.2 Å². The van der Waals surface area contributed by atoms with Gasteiger partial charge in [-0.25, -0.2) is 0 Å². The van der Waals surface area contributed by atoms with Gasteiger partial charge in [0.25, 0.3) is 0 Å². The van der Waals surface area contributed by atoms with Crippen LogP contribution in [0, 0.1) is 6.92 Å². The molecule has 106 valence electrons. The maximum Gasteiger partial charge on any atom is 0.416 e. The molecule has 0 aliphatic carbocycles. The van der Waals surface area contributed by atoms with Crippen LogP contribution >= 0.6 is 0 Å². The highest BCUT2D eigenvalue weighted by molar-refractivity contribution is 5.37. The molecule has 0 amide bonds. The number of halogens is 3. The zero-order chi connectivity index (χ0) is 14.8. The lowest BCUT2D eigenvalue weighted by molar-refractivity contribution is -0.137. The summed E-state index contributed by atoms with van der Waals surface area (Å²) in [5.74, 6) is 0.756. The average Bonchev–Trinajstić information content (AvgIpc) is 2.37. The number of benzene rings is 2. The van der Waals surface area contributed by atoms with Gasteiger partial charge in [0.1, 0.15) is 5.75 Å². The fourth-order valence-electron chi connectivity index (χ4n) is 2.09. The first-order chi connectivity index (χ1) is 9.38. The fraction of sp³-hybridized carbons (Fsp3) is 0.250. The van der Waals surface area contributed by atoms with Gasteiger partial charge < -0.3 is 4.74 Å². The van der Waals surface area contributed by atoms with Crippen LogP contribution in [0.2, 0.25) is 0 Å². The Labute approximate surface area is 116 Å². The van der Waals surface area contributed by atoms with E-state index in [-0.39, 0.29) is 0 Å². The summed E-state index contributed by atoms with van der Waals surface area (Å²) in [5.41, 5.74) is 2.29. The summed E-state index contributed by atoms with van der Waals surface area (Å²) in [7, 11) is 1.59. The summed E-state index contributed by atoms with van der Waals surface area (Å²) in [6, 6.07) is 11.1. The number of alkyl halides is 3. The Morgan fingerprint density at radius 3 is 2.15 bits per heavy atom. The number of hydrogen-bond acceptors (Lipinski definition) is 1. The first-order valence-electron chi connectivity index (χ1n) is 6.19. The van der Waals surface area contributed by atoms with Crippen molar-refractivity contribution in [3.63, 3.8) is 0 Å². The molecule has 0 saturated carbocycles. The highest BCUT2D eigenvalue weighted by Crippen LogP contribution is 2.29. The minimum atomic E-state index is -4.29. The van der Waals surface area contributed by atoms with Crippen LogP contribution in [-0.2, 0) is 12.6 Å². The van der Waals surface area contributed by atoms with Crippen molar-refractivity contribution in [3.8, 4) is 5.75 Å². The first-order valence-corrected chi connectivity index (χ1v) is 6.19. The Morgan fingerprint density at radius 2 is 1.60 bits per heavy atom. The van der Waals surface area contributed by atoms with Crippen LogP contribution < -0.4 is 4.74 Å². The Balaban J connectivity index is 2.20. The number of ether oxygens (including phenoxy) is 1. The van der Waals surface area contributed by atoms with Crippen molar-refractivity contribution >= 4 is 0 Å². The predicted octanol–water partition coefficient (Wildman–Crippen LogP) is 4.61. The van der Waals surface area contributed by atoms with Crippen LogP contribution in [0.3, 0.4) is 0 Å². The third-order valence-corrected chi connectivity index (χ3v) is 3.04. The Kier molecular flexibility index (Phi) is 4.02. The quantitative estimate of drug-likeness (QED) is 0.797. The summed E-state index contributed by atoms with van der Waals surface area (Å²) in [5, 5.41) is 0. The first kappa shape index (κ1) is 14.4. The molecule has 2 aromatic rings. The van der Waals surface area contributed by atoms with Gasteiger partial charge >= 0.3 is 6.18 Å². The molecule has 0 radical (unpaired) electrons. The molecule has 20 heavy (non-hydrogen) atoms. The van der Waals surface area contributed by atoms with Crippen molar-refractivity contribution in [1.82, 2.24) is 0 Å². The van der Waals surface area contributed by atoms with E-state index in [2.05, 4.69) is 0 Å². The van der Waals surface area contributed by atoms with Crippen LogP contribution in [0.5, 0.6) is 5.75 Å². The molecular weight excluding hydrogens is 265 g/mol. The van der Waals surface area contributed by atoms with Crippen LogP contribution in [0.1, 0.15) is 22.3 Å². The standard InChI is InChI=1S/C16H15F3O/c1-11-7-13(10-15(8-11)20-2)9-12-3-5-14(6-4-12)16(17,18)19/h3-8,10H,9H2,1-2H3. The van der Waals surface area contributed by atoms with Crippen molar-refractivity contribution in [1.29, 1.82) is 0 Å². The van der Waals surface area contributed by atoms with E-state index in [1.54, 1.807) is 7.11 Å². The molecule has 0 fully saturated rings. The van der Waals surface area contributed by atoms with Crippen molar-refractivity contribution in [2.75, 3.05) is 7.11 Å². The maximum absolute atomic E-state index is 12.5. The summed E-state index contributed by atoms with van der Waals surface area (Å²) < 4.78 is 42.6. The Morgan fingerprint density at radius 1 is 0.950 bits per heavy atom. The molecule has 0 heterocycles. The van der Waals surface area contributed by atoms with E-state index in [9.17, 15) is 13.2 Å². The second-order valence-corrected chi connectivity index (χ2v) is 4.73. The monoisotopic (exact) mass is 280 g/mol. The lowest BCUT2D eigenvalue weighted by Crippen LogP contribution is -2.04. The summed E-state index contributed by atoms with van der Waals surface area (Å²) in [4.78, 5) is 0. The van der Waals surface area contributed by atoms with Crippen molar-refractivity contribution in [3.05, 3.63) is 64.7 Å². The fourth-order valence-corrected chi connectivity index (χ4v) is 2.09. The van der Waals surface area contributed by atoms with Gasteiger partial charge in [-0.05, 0) is 54.3 Å². The zero-order valence-corrected chi connectivity index (χ0v) is 11.3. The summed E-state index contributed by atoms with van der Waals surface area (Å²) in [6.07, 6.45) is -3.71. The van der Waals surface area contributed by atoms with Gasteiger partial charge in [-0.2, -0.15) is 13.2 Å². The molecule has 4 heteroatoms. The van der Waals surface area contributed by atoms with Gasteiger partial charge in [-0.15, -0.1) is 0 Å². The highest BCUT2D eigenvalue weighted by atomic mass is 19.4. The van der Waals surface area contributed by atoms with Gasteiger partial charge in [-0.1, -0.05) is 18.2 Å². The van der Waals surface area contributed by atoms with Crippen molar-refractivity contribution in [2.45, 2.75) is 19.5 Å². The molecule has 0 unspecified atom stereocenters. The summed E-state index contributed by atoms with van der Waals surface area (Å²) >= 11 is 0. The van der Waals surface area contributed by atoms with Crippen LogP contribution in [0.25, 0.3) is 0 Å². The van der Waals surface area contributed by atoms with E-state index in [0.29, 0.717) is 6.42 Å². The van der Waals surface area contributed by atoms with Crippen molar-refractivity contribution < 1.29 is 17.9 Å². The number of hydrogen-bond donors (Lipinski definition) is 0. The van der Waals surface area contributed by atoms with Gasteiger partial charge in [0, 0.05) is 0 Å². The molecule has 0 saturated heterocycles. The van der Waals surface area contributed by atoms with Gasteiger partial charge in [0.15, 0.2) is 0 Å². The molecule has 0 aliphatic rings. The van der Waals surface area contributed by atoms with Crippen molar-refractivity contribution in [2.24, 2.45) is 0 Å². The smallest absolute Gasteiger partial charge is 0.416 e. The van der Waals surface area contributed by atoms with Crippen LogP contribution in [-0.4, -0.2) is 7.11 Å². The van der Waals surface area contributed by atoms with E-state index in [4.69, 9.17) is 4.74 Å². The van der Waals surface area contributed by atoms with E-state index >= 15 is 0 Å². The van der Waals surface area contributed by atoms with Crippen LogP contribution in [0.15, 0.2) is 42.5 Å². The van der Waals surface area contributed by atoms with Gasteiger partial charge in [0.2, 0.25) is 0 Å². The lowest BCUT2D eigenvalue weighted by atomic mass is 10.0. The molecule has 0 aromatic heterocycles. The van der Waals surface area contributed by atoms with E-state index < -0.39 is 11.7 Å². The normalized spacial score (nSPS) is 11.4. The van der Waals surface area contributed by atoms with E-state index in [0.717, 1.165) is 34.6 Å². The summed E-state index contributed by atoms with van der Waals surface area (Å²) in [6.45, 7) is 1.96. The minimum Gasteiger partial charge on any atom is -0.497 e. The third-order valence-electron chi connectivity index (χ3n) is 3.04. The zero-order valence-electron chi connectivity index (χ0n) is 11.3. The number of rotatable bonds is 3. The molecule has 0 aliphatic heterocycles. The molecular formula is C16H15F3O. The molecule has 2 aromatic carbocycles. The Hall–Kier alpha value is -1.97. The molecule has 0 atom stereocenters. The molecule has 0 N–H and O–H groups in total. The Bertz CT molecular complexity index is 586. The number of aryl methyl sites for hydroxylation is 1. The molecule has 2 rings (SSSR count). The molecule has 0 spiro atoms. The van der Waals surface area contributed by atoms with E-state index in [1.165, 1.54) is 12.1 Å². The van der Waals surface area contributed by atoms with E-state index in [1.807, 2.05) is 25.1 Å². The number of methoxy groups -OCH3 is 1. The second kappa shape index (κ2) is 5.57. The highest BCUT2D eigenvalue weighted by Gasteiger charge is 2.29.